The number of hydrogen-bond acceptors (Lipinski definition) is 1. The van der Waals surface area contributed by atoms with Crippen molar-refractivity contribution in [3.8, 4) is 0 Å². The highest BCUT2D eigenvalue weighted by molar-refractivity contribution is 6.30. The number of anilines is 1. The van der Waals surface area contributed by atoms with Crippen molar-refractivity contribution in [3.63, 3.8) is 0 Å². The molecule has 0 saturated heterocycles. The van der Waals surface area contributed by atoms with E-state index in [9.17, 15) is 4.79 Å². The molecule has 0 radical (unpaired) electrons. The highest BCUT2D eigenvalue weighted by atomic mass is 35.5. The molecule has 3 rings (SSSR count). The van der Waals surface area contributed by atoms with Crippen molar-refractivity contribution < 1.29 is 10.1 Å². The summed E-state index contributed by atoms with van der Waals surface area (Å²) in [5.41, 5.74) is 2.00. The van der Waals surface area contributed by atoms with Gasteiger partial charge in [0.25, 0.3) is 5.91 Å². The lowest BCUT2D eigenvalue weighted by Crippen LogP contribution is -2.86. The summed E-state index contributed by atoms with van der Waals surface area (Å²) in [6.07, 6.45) is 0. The molecule has 0 bridgehead atoms. The maximum atomic E-state index is 12.1. The van der Waals surface area contributed by atoms with E-state index in [1.165, 1.54) is 16.3 Å². The van der Waals surface area contributed by atoms with Crippen LogP contribution in [-0.2, 0) is 4.79 Å². The minimum absolute atomic E-state index is 0.0237. The number of quaternary nitrogens is 1. The Bertz CT molecular complexity index is 840. The van der Waals surface area contributed by atoms with Gasteiger partial charge in [-0.15, -0.1) is 0 Å². The molecule has 0 aliphatic carbocycles. The first kappa shape index (κ1) is 16.5. The molecule has 0 fully saturated rings. The van der Waals surface area contributed by atoms with Gasteiger partial charge in [-0.1, -0.05) is 54.1 Å². The average molecular weight is 340 g/mol. The number of amides is 1. The van der Waals surface area contributed by atoms with E-state index in [4.69, 9.17) is 11.6 Å². The lowest BCUT2D eigenvalue weighted by Gasteiger charge is -2.13. The molecular weight excluding hydrogens is 320 g/mol. The standard InChI is InChI=1S/C20H19ClN2O/c1-14(18-8-4-6-15-5-2-3-7-19(15)18)22-13-20(24)23-17-11-9-16(21)10-12-17/h2-12,14,22H,13H2,1H3,(H,23,24)/p+1/t14-/m0/s1. The molecule has 1 atom stereocenters. The van der Waals surface area contributed by atoms with Crippen molar-refractivity contribution in [2.45, 2.75) is 13.0 Å². The number of rotatable bonds is 5. The molecule has 3 aromatic carbocycles. The summed E-state index contributed by atoms with van der Waals surface area (Å²) in [5.74, 6) is -0.0237. The SMILES string of the molecule is C[C@H]([NH2+]CC(=O)Nc1ccc(Cl)cc1)c1cccc2ccccc12. The maximum absolute atomic E-state index is 12.1. The Hall–Kier alpha value is -2.36. The second-order valence-electron chi connectivity index (χ2n) is 5.85. The van der Waals surface area contributed by atoms with Crippen LogP contribution < -0.4 is 10.6 Å². The predicted molar refractivity (Wildman–Crippen MR) is 99.2 cm³/mol. The van der Waals surface area contributed by atoms with Gasteiger partial charge in [0.1, 0.15) is 6.04 Å². The summed E-state index contributed by atoms with van der Waals surface area (Å²) in [7, 11) is 0. The quantitative estimate of drug-likeness (QED) is 0.730. The normalized spacial score (nSPS) is 12.1. The molecular formula is C20H20ClN2O+. The molecule has 0 aromatic heterocycles. The molecule has 122 valence electrons. The molecule has 1 amide bonds. The zero-order valence-electron chi connectivity index (χ0n) is 13.5. The van der Waals surface area contributed by atoms with E-state index in [2.05, 4.69) is 42.6 Å². The van der Waals surface area contributed by atoms with Gasteiger partial charge in [0, 0.05) is 16.3 Å². The number of benzene rings is 3. The van der Waals surface area contributed by atoms with Gasteiger partial charge in [-0.2, -0.15) is 0 Å². The van der Waals surface area contributed by atoms with E-state index in [0.29, 0.717) is 11.6 Å². The summed E-state index contributed by atoms with van der Waals surface area (Å²) < 4.78 is 0. The Morgan fingerprint density at radius 3 is 2.54 bits per heavy atom. The van der Waals surface area contributed by atoms with E-state index < -0.39 is 0 Å². The Kier molecular flexibility index (Phi) is 5.14. The molecule has 3 nitrogen and oxygen atoms in total. The second kappa shape index (κ2) is 7.47. The number of nitrogens with two attached hydrogens (primary N) is 1. The first-order valence-corrected chi connectivity index (χ1v) is 8.37. The van der Waals surface area contributed by atoms with Gasteiger partial charge < -0.3 is 10.6 Å². The lowest BCUT2D eigenvalue weighted by atomic mass is 10.00. The van der Waals surface area contributed by atoms with Gasteiger partial charge in [0.05, 0.1) is 0 Å². The van der Waals surface area contributed by atoms with Gasteiger partial charge in [0.15, 0.2) is 6.54 Å². The van der Waals surface area contributed by atoms with E-state index in [1.807, 2.05) is 17.4 Å². The van der Waals surface area contributed by atoms with E-state index in [0.717, 1.165) is 5.69 Å². The summed E-state index contributed by atoms with van der Waals surface area (Å²) in [5, 5.41) is 8.05. The minimum atomic E-state index is -0.0237. The van der Waals surface area contributed by atoms with Crippen molar-refractivity contribution in [1.29, 1.82) is 0 Å². The zero-order chi connectivity index (χ0) is 16.9. The largest absolute Gasteiger partial charge is 0.332 e. The first-order valence-electron chi connectivity index (χ1n) is 8.00. The molecule has 0 heterocycles. The van der Waals surface area contributed by atoms with E-state index in [-0.39, 0.29) is 11.9 Å². The number of carbonyl (C=O) groups excluding carboxylic acids is 1. The fraction of sp³-hybridized carbons (Fsp3) is 0.150. The number of nitrogens with one attached hydrogen (secondary N) is 1. The van der Waals surface area contributed by atoms with Crippen LogP contribution in [0.4, 0.5) is 5.69 Å². The van der Waals surface area contributed by atoms with Crippen LogP contribution in [0, 0.1) is 0 Å². The smallest absolute Gasteiger partial charge is 0.279 e. The molecule has 3 aromatic rings. The van der Waals surface area contributed by atoms with Crippen molar-refractivity contribution in [3.05, 3.63) is 77.3 Å². The summed E-state index contributed by atoms with van der Waals surface area (Å²) >= 11 is 5.85. The second-order valence-corrected chi connectivity index (χ2v) is 6.29. The molecule has 0 saturated carbocycles. The first-order chi connectivity index (χ1) is 11.6. The van der Waals surface area contributed by atoms with Crippen LogP contribution in [0.2, 0.25) is 5.02 Å². The summed E-state index contributed by atoms with van der Waals surface area (Å²) in [6, 6.07) is 22.0. The Balaban J connectivity index is 1.63. The Labute approximate surface area is 146 Å². The fourth-order valence-electron chi connectivity index (χ4n) is 2.80. The monoisotopic (exact) mass is 339 g/mol. The third-order valence-corrected chi connectivity index (χ3v) is 4.35. The zero-order valence-corrected chi connectivity index (χ0v) is 14.3. The summed E-state index contributed by atoms with van der Waals surface area (Å²) in [6.45, 7) is 2.49. The van der Waals surface area contributed by atoms with Crippen molar-refractivity contribution in [1.82, 2.24) is 0 Å². The van der Waals surface area contributed by atoms with Crippen LogP contribution in [-0.4, -0.2) is 12.5 Å². The number of carbonyl (C=O) groups is 1. The van der Waals surface area contributed by atoms with Gasteiger partial charge in [-0.05, 0) is 42.0 Å². The molecule has 0 unspecified atom stereocenters. The number of hydrogen-bond donors (Lipinski definition) is 2. The highest BCUT2D eigenvalue weighted by Crippen LogP contribution is 2.22. The van der Waals surface area contributed by atoms with Crippen molar-refractivity contribution in [2.24, 2.45) is 0 Å². The van der Waals surface area contributed by atoms with Crippen LogP contribution in [0.1, 0.15) is 18.5 Å². The fourth-order valence-corrected chi connectivity index (χ4v) is 2.93. The van der Waals surface area contributed by atoms with Gasteiger partial charge in [-0.25, -0.2) is 0 Å². The van der Waals surface area contributed by atoms with Crippen LogP contribution in [0.5, 0.6) is 0 Å². The molecule has 4 heteroatoms. The molecule has 0 aliphatic heterocycles. The molecule has 0 spiro atoms. The number of fused-ring (bicyclic) bond motifs is 1. The molecule has 24 heavy (non-hydrogen) atoms. The predicted octanol–water partition coefficient (Wildman–Crippen LogP) is 3.76. The van der Waals surface area contributed by atoms with Gasteiger partial charge in [0.2, 0.25) is 0 Å². The Morgan fingerprint density at radius 1 is 1.04 bits per heavy atom. The van der Waals surface area contributed by atoms with Gasteiger partial charge in [-0.3, -0.25) is 4.79 Å². The average Bonchev–Trinajstić information content (AvgIpc) is 2.61. The molecule has 0 aliphatic rings. The summed E-state index contributed by atoms with van der Waals surface area (Å²) in [4.78, 5) is 12.1. The Morgan fingerprint density at radius 2 is 1.75 bits per heavy atom. The third kappa shape index (κ3) is 3.94. The lowest BCUT2D eigenvalue weighted by molar-refractivity contribution is -0.682. The van der Waals surface area contributed by atoms with E-state index >= 15 is 0 Å². The van der Waals surface area contributed by atoms with E-state index in [1.54, 1.807) is 24.3 Å². The molecule has 3 N–H and O–H groups in total. The van der Waals surface area contributed by atoms with Crippen LogP contribution in [0.25, 0.3) is 10.8 Å². The maximum Gasteiger partial charge on any atom is 0.279 e. The van der Waals surface area contributed by atoms with Crippen LogP contribution in [0.15, 0.2) is 66.7 Å². The highest BCUT2D eigenvalue weighted by Gasteiger charge is 2.14. The minimum Gasteiger partial charge on any atom is -0.332 e. The number of halogens is 1. The van der Waals surface area contributed by atoms with Crippen molar-refractivity contribution >= 4 is 34.0 Å². The van der Waals surface area contributed by atoms with Crippen molar-refractivity contribution in [2.75, 3.05) is 11.9 Å². The van der Waals surface area contributed by atoms with Crippen LogP contribution >= 0.6 is 11.6 Å². The van der Waals surface area contributed by atoms with Crippen LogP contribution in [0.3, 0.4) is 0 Å². The topological polar surface area (TPSA) is 45.7 Å². The van der Waals surface area contributed by atoms with Gasteiger partial charge >= 0.3 is 0 Å². The third-order valence-electron chi connectivity index (χ3n) is 4.10.